The van der Waals surface area contributed by atoms with Gasteiger partial charge < -0.3 is 5.73 Å². The van der Waals surface area contributed by atoms with Crippen molar-refractivity contribution in [1.82, 2.24) is 5.06 Å². The molecule has 1 aliphatic rings. The minimum atomic E-state index is -0.623. The summed E-state index contributed by atoms with van der Waals surface area (Å²) in [6.45, 7) is 0.282. The van der Waals surface area contributed by atoms with Crippen LogP contribution in [0, 0.1) is 0 Å². The van der Waals surface area contributed by atoms with Gasteiger partial charge in [0.15, 0.2) is 0 Å². The first-order chi connectivity index (χ1) is 6.70. The smallest absolute Gasteiger partial charge is 0.263 e. The minimum Gasteiger partial charge on any atom is -0.319 e. The summed E-state index contributed by atoms with van der Waals surface area (Å²) in [7, 11) is 0. The third-order valence-corrected chi connectivity index (χ3v) is 2.57. The van der Waals surface area contributed by atoms with Crippen molar-refractivity contribution in [2.45, 2.75) is 12.0 Å². The molecule has 0 aromatic heterocycles. The van der Waals surface area contributed by atoms with Gasteiger partial charge in [-0.3, -0.25) is 10.0 Å². The molecule has 3 N–H and O–H groups in total. The number of rotatable bonds is 1. The molecule has 2 atom stereocenters. The van der Waals surface area contributed by atoms with Crippen molar-refractivity contribution in [3.63, 3.8) is 0 Å². The third kappa shape index (κ3) is 1.38. The first-order valence-corrected chi connectivity index (χ1v) is 4.51. The Morgan fingerprint density at radius 1 is 1.36 bits per heavy atom. The van der Waals surface area contributed by atoms with Crippen molar-refractivity contribution < 1.29 is 10.0 Å². The number of benzene rings is 1. The number of nitrogens with two attached hydrogens (primary N) is 1. The Balaban J connectivity index is 2.26. The number of hydrogen-bond acceptors (Lipinski definition) is 3. The topological polar surface area (TPSA) is 66.6 Å². The Morgan fingerprint density at radius 2 is 2.00 bits per heavy atom. The molecule has 14 heavy (non-hydrogen) atoms. The molecule has 0 unspecified atom stereocenters. The number of carbonyl (C=O) groups is 1. The Bertz CT molecular complexity index is 339. The quantitative estimate of drug-likeness (QED) is 0.630. The Labute approximate surface area is 81.9 Å². The van der Waals surface area contributed by atoms with Gasteiger partial charge in [0.25, 0.3) is 5.91 Å². The van der Waals surface area contributed by atoms with Crippen LogP contribution in [0.1, 0.15) is 11.5 Å². The standard InChI is InChI=1S/C10H12N2O2/c11-9-8(6-12(14)10(9)13)7-4-2-1-3-5-7/h1-5,8-9,14H,6,11H2/t8-,9+/m0/s1. The molecule has 0 radical (unpaired) electrons. The van der Waals surface area contributed by atoms with E-state index in [1.807, 2.05) is 30.3 Å². The van der Waals surface area contributed by atoms with Gasteiger partial charge >= 0.3 is 0 Å². The van der Waals surface area contributed by atoms with Crippen molar-refractivity contribution >= 4 is 5.91 Å². The summed E-state index contributed by atoms with van der Waals surface area (Å²) in [5, 5.41) is 9.90. The average Bonchev–Trinajstić information content (AvgIpc) is 2.47. The van der Waals surface area contributed by atoms with E-state index in [1.165, 1.54) is 0 Å². The van der Waals surface area contributed by atoms with E-state index in [-0.39, 0.29) is 12.5 Å². The van der Waals surface area contributed by atoms with Crippen LogP contribution >= 0.6 is 0 Å². The van der Waals surface area contributed by atoms with E-state index in [4.69, 9.17) is 5.73 Å². The maximum absolute atomic E-state index is 11.2. The van der Waals surface area contributed by atoms with Gasteiger partial charge in [0.1, 0.15) is 0 Å². The first-order valence-electron chi connectivity index (χ1n) is 4.51. The summed E-state index contributed by atoms with van der Waals surface area (Å²) in [6, 6.07) is 8.90. The molecule has 1 amide bonds. The predicted octanol–water partition coefficient (Wildman–Crippen LogP) is 0.329. The van der Waals surface area contributed by atoms with Crippen molar-refractivity contribution in [3.8, 4) is 0 Å². The second kappa shape index (κ2) is 3.40. The summed E-state index contributed by atoms with van der Waals surface area (Å²) < 4.78 is 0. The molecule has 1 aromatic rings. The van der Waals surface area contributed by atoms with Crippen molar-refractivity contribution in [3.05, 3.63) is 35.9 Å². The van der Waals surface area contributed by atoms with E-state index in [0.29, 0.717) is 5.06 Å². The highest BCUT2D eigenvalue weighted by Crippen LogP contribution is 2.25. The van der Waals surface area contributed by atoms with Gasteiger partial charge in [0.05, 0.1) is 12.6 Å². The van der Waals surface area contributed by atoms with Gasteiger partial charge in [0, 0.05) is 5.92 Å². The normalized spacial score (nSPS) is 27.0. The van der Waals surface area contributed by atoms with Gasteiger partial charge in [-0.2, -0.15) is 0 Å². The lowest BCUT2D eigenvalue weighted by atomic mass is 9.95. The van der Waals surface area contributed by atoms with Crippen LogP contribution in [0.25, 0.3) is 0 Å². The number of carbonyl (C=O) groups excluding carboxylic acids is 1. The minimum absolute atomic E-state index is 0.103. The van der Waals surface area contributed by atoms with Crippen LogP contribution < -0.4 is 5.73 Å². The molecule has 0 aliphatic carbocycles. The number of amides is 1. The average molecular weight is 192 g/mol. The van der Waals surface area contributed by atoms with Crippen LogP contribution in [0.3, 0.4) is 0 Å². The van der Waals surface area contributed by atoms with Crippen LogP contribution in [0.15, 0.2) is 30.3 Å². The van der Waals surface area contributed by atoms with E-state index >= 15 is 0 Å². The summed E-state index contributed by atoms with van der Waals surface area (Å²) in [4.78, 5) is 11.2. The number of hydrogen-bond donors (Lipinski definition) is 2. The predicted molar refractivity (Wildman–Crippen MR) is 50.7 cm³/mol. The molecule has 0 spiro atoms. The van der Waals surface area contributed by atoms with Crippen molar-refractivity contribution in [1.29, 1.82) is 0 Å². The van der Waals surface area contributed by atoms with Crippen LogP contribution in [-0.4, -0.2) is 28.8 Å². The molecule has 1 fully saturated rings. The molecule has 0 saturated carbocycles. The molecule has 2 rings (SSSR count). The molecule has 1 aromatic carbocycles. The fourth-order valence-corrected chi connectivity index (χ4v) is 1.75. The first kappa shape index (κ1) is 9.18. The van der Waals surface area contributed by atoms with Gasteiger partial charge in [-0.05, 0) is 5.56 Å². The van der Waals surface area contributed by atoms with Gasteiger partial charge in [-0.15, -0.1) is 0 Å². The van der Waals surface area contributed by atoms with Crippen molar-refractivity contribution in [2.75, 3.05) is 6.54 Å². The second-order valence-corrected chi connectivity index (χ2v) is 3.46. The van der Waals surface area contributed by atoms with Gasteiger partial charge in [0.2, 0.25) is 0 Å². The lowest BCUT2D eigenvalue weighted by molar-refractivity contribution is -0.158. The van der Waals surface area contributed by atoms with Crippen LogP contribution in [0.2, 0.25) is 0 Å². The van der Waals surface area contributed by atoms with E-state index < -0.39 is 11.9 Å². The summed E-state index contributed by atoms with van der Waals surface area (Å²) in [5.41, 5.74) is 6.68. The Morgan fingerprint density at radius 3 is 2.50 bits per heavy atom. The van der Waals surface area contributed by atoms with Crippen LogP contribution in [-0.2, 0) is 4.79 Å². The highest BCUT2D eigenvalue weighted by atomic mass is 16.5. The Kier molecular flexibility index (Phi) is 2.23. The maximum Gasteiger partial charge on any atom is 0.263 e. The van der Waals surface area contributed by atoms with Crippen LogP contribution in [0.5, 0.6) is 0 Å². The highest BCUT2D eigenvalue weighted by Gasteiger charge is 2.38. The zero-order valence-corrected chi connectivity index (χ0v) is 7.63. The molecule has 0 bridgehead atoms. The highest BCUT2D eigenvalue weighted by molar-refractivity contribution is 5.84. The summed E-state index contributed by atoms with van der Waals surface area (Å²) >= 11 is 0. The summed E-state index contributed by atoms with van der Waals surface area (Å²) in [6.07, 6.45) is 0. The molecule has 1 heterocycles. The zero-order valence-electron chi connectivity index (χ0n) is 7.63. The van der Waals surface area contributed by atoms with Crippen LogP contribution in [0.4, 0.5) is 0 Å². The molecule has 1 saturated heterocycles. The third-order valence-electron chi connectivity index (χ3n) is 2.57. The van der Waals surface area contributed by atoms with E-state index in [2.05, 4.69) is 0 Å². The monoisotopic (exact) mass is 192 g/mol. The van der Waals surface area contributed by atoms with E-state index in [9.17, 15) is 10.0 Å². The number of nitrogens with zero attached hydrogens (tertiary/aromatic N) is 1. The van der Waals surface area contributed by atoms with Crippen molar-refractivity contribution in [2.24, 2.45) is 5.73 Å². The van der Waals surface area contributed by atoms with Gasteiger partial charge in [-0.25, -0.2) is 5.06 Å². The molecule has 1 aliphatic heterocycles. The van der Waals surface area contributed by atoms with Gasteiger partial charge in [-0.1, -0.05) is 30.3 Å². The molecular formula is C10H12N2O2. The zero-order chi connectivity index (χ0) is 10.1. The fourth-order valence-electron chi connectivity index (χ4n) is 1.75. The number of hydroxylamine groups is 2. The Hall–Kier alpha value is -1.39. The summed E-state index contributed by atoms with van der Waals surface area (Å²) in [5.74, 6) is -0.507. The fraction of sp³-hybridized carbons (Fsp3) is 0.300. The molecular weight excluding hydrogens is 180 g/mol. The second-order valence-electron chi connectivity index (χ2n) is 3.46. The molecule has 4 heteroatoms. The van der Waals surface area contributed by atoms with E-state index in [0.717, 1.165) is 5.56 Å². The lowest BCUT2D eigenvalue weighted by Crippen LogP contribution is -2.34. The van der Waals surface area contributed by atoms with E-state index in [1.54, 1.807) is 0 Å². The maximum atomic E-state index is 11.2. The molecule has 74 valence electrons. The largest absolute Gasteiger partial charge is 0.319 e. The SMILES string of the molecule is N[C@H]1C(=O)N(O)C[C@H]1c1ccccc1. The lowest BCUT2D eigenvalue weighted by Gasteiger charge is -2.11. The molecule has 4 nitrogen and oxygen atoms in total.